The molecule has 0 atom stereocenters. The van der Waals surface area contributed by atoms with E-state index in [0.29, 0.717) is 5.92 Å². The molecule has 0 N–H and O–H groups in total. The highest BCUT2D eigenvalue weighted by molar-refractivity contribution is 5.21. The van der Waals surface area contributed by atoms with Crippen LogP contribution in [-0.4, -0.2) is 0 Å². The average Bonchev–Trinajstić information content (AvgIpc) is 2.50. The zero-order chi connectivity index (χ0) is 14.2. The minimum atomic E-state index is -0.178. The number of hydrogen-bond acceptors (Lipinski definition) is 0. The second-order valence-corrected chi connectivity index (χ2v) is 5.15. The van der Waals surface area contributed by atoms with Gasteiger partial charge in [-0.25, -0.2) is 8.78 Å². The van der Waals surface area contributed by atoms with E-state index in [9.17, 15) is 8.78 Å². The van der Waals surface area contributed by atoms with E-state index in [0.717, 1.165) is 5.56 Å². The van der Waals surface area contributed by atoms with Gasteiger partial charge in [-0.05, 0) is 42.5 Å². The second kappa shape index (κ2) is 7.78. The molecule has 2 aromatic rings. The molecule has 0 unspecified atom stereocenters. The molecule has 1 aliphatic carbocycles. The molecular formula is C18H20F2. The van der Waals surface area contributed by atoms with Crippen molar-refractivity contribution in [3.8, 4) is 0 Å². The highest BCUT2D eigenvalue weighted by Crippen LogP contribution is 2.33. The second-order valence-electron chi connectivity index (χ2n) is 5.15. The summed E-state index contributed by atoms with van der Waals surface area (Å²) in [5.41, 5.74) is 0.933. The maximum atomic E-state index is 13.4. The van der Waals surface area contributed by atoms with Crippen molar-refractivity contribution in [3.05, 3.63) is 71.8 Å². The van der Waals surface area contributed by atoms with Gasteiger partial charge in [0.25, 0.3) is 0 Å². The van der Waals surface area contributed by atoms with Crippen molar-refractivity contribution in [2.45, 2.75) is 38.0 Å². The lowest BCUT2D eigenvalue weighted by atomic mass is 9.84. The Hall–Kier alpha value is -1.70. The molecule has 1 aliphatic rings. The largest absolute Gasteiger partial charge is 0.207 e. The highest BCUT2D eigenvalue weighted by Gasteiger charge is 2.17. The molecule has 20 heavy (non-hydrogen) atoms. The van der Waals surface area contributed by atoms with Crippen molar-refractivity contribution < 1.29 is 8.78 Å². The third-order valence-electron chi connectivity index (χ3n) is 3.68. The molecule has 0 aliphatic heterocycles. The first-order valence-electron chi connectivity index (χ1n) is 7.22. The molecule has 0 nitrogen and oxygen atoms in total. The van der Waals surface area contributed by atoms with Crippen molar-refractivity contribution in [1.82, 2.24) is 0 Å². The van der Waals surface area contributed by atoms with Gasteiger partial charge in [0, 0.05) is 0 Å². The zero-order valence-electron chi connectivity index (χ0n) is 11.6. The Morgan fingerprint density at radius 3 is 1.85 bits per heavy atom. The van der Waals surface area contributed by atoms with Crippen LogP contribution in [0, 0.1) is 11.6 Å². The van der Waals surface area contributed by atoms with E-state index >= 15 is 0 Å². The molecule has 1 saturated carbocycles. The van der Waals surface area contributed by atoms with E-state index in [1.54, 1.807) is 30.3 Å². The monoisotopic (exact) mass is 274 g/mol. The van der Waals surface area contributed by atoms with Crippen LogP contribution in [0.4, 0.5) is 8.78 Å². The van der Waals surface area contributed by atoms with Gasteiger partial charge in [-0.1, -0.05) is 55.7 Å². The van der Waals surface area contributed by atoms with E-state index in [-0.39, 0.29) is 11.6 Å². The molecule has 0 aromatic heterocycles. The lowest BCUT2D eigenvalue weighted by molar-refractivity contribution is 0.430. The summed E-state index contributed by atoms with van der Waals surface area (Å²) in [6.07, 6.45) is 6.19. The lowest BCUT2D eigenvalue weighted by Gasteiger charge is -2.22. The molecule has 1 fully saturated rings. The Kier molecular flexibility index (Phi) is 5.72. The van der Waals surface area contributed by atoms with Gasteiger partial charge < -0.3 is 0 Å². The molecular weight excluding hydrogens is 254 g/mol. The third kappa shape index (κ3) is 4.44. The Labute approximate surface area is 119 Å². The first kappa shape index (κ1) is 14.7. The first-order chi connectivity index (χ1) is 9.77. The lowest BCUT2D eigenvalue weighted by Crippen LogP contribution is -2.06. The van der Waals surface area contributed by atoms with E-state index < -0.39 is 0 Å². The molecule has 0 bridgehead atoms. The minimum Gasteiger partial charge on any atom is -0.207 e. The van der Waals surface area contributed by atoms with Gasteiger partial charge in [-0.15, -0.1) is 0 Å². The van der Waals surface area contributed by atoms with Crippen LogP contribution >= 0.6 is 0 Å². The third-order valence-corrected chi connectivity index (χ3v) is 3.68. The Balaban J connectivity index is 0.000000178. The molecule has 0 amide bonds. The number of hydrogen-bond donors (Lipinski definition) is 0. The van der Waals surface area contributed by atoms with Gasteiger partial charge in [0.05, 0.1) is 0 Å². The van der Waals surface area contributed by atoms with Crippen molar-refractivity contribution in [1.29, 1.82) is 0 Å². The van der Waals surface area contributed by atoms with Gasteiger partial charge in [-0.2, -0.15) is 0 Å². The van der Waals surface area contributed by atoms with Gasteiger partial charge >= 0.3 is 0 Å². The normalized spacial score (nSPS) is 15.3. The molecule has 0 radical (unpaired) electrons. The summed E-state index contributed by atoms with van der Waals surface area (Å²) in [7, 11) is 0. The van der Waals surface area contributed by atoms with Gasteiger partial charge in [0.15, 0.2) is 0 Å². The molecule has 2 aromatic carbocycles. The predicted octanol–water partition coefficient (Wildman–Crippen LogP) is 5.70. The first-order valence-corrected chi connectivity index (χ1v) is 7.22. The average molecular weight is 274 g/mol. The van der Waals surface area contributed by atoms with Crippen LogP contribution in [0.15, 0.2) is 54.6 Å². The molecule has 2 heteroatoms. The van der Waals surface area contributed by atoms with Crippen molar-refractivity contribution in [2.75, 3.05) is 0 Å². The van der Waals surface area contributed by atoms with Crippen molar-refractivity contribution in [2.24, 2.45) is 0 Å². The fourth-order valence-corrected chi connectivity index (χ4v) is 2.63. The maximum Gasteiger partial charge on any atom is 0.126 e. The van der Waals surface area contributed by atoms with Gasteiger partial charge in [-0.3, -0.25) is 0 Å². The van der Waals surface area contributed by atoms with Crippen molar-refractivity contribution >= 4 is 0 Å². The Bertz CT molecular complexity index is 502. The highest BCUT2D eigenvalue weighted by atomic mass is 19.1. The zero-order valence-corrected chi connectivity index (χ0v) is 11.6. The predicted molar refractivity (Wildman–Crippen MR) is 78.6 cm³/mol. The standard InChI is InChI=1S/C12H15F.C6H5F/c13-12-9-5-4-8-11(12)10-6-2-1-3-7-10;7-6-4-2-1-3-5-6/h4-5,8-10H,1-3,6-7H2;1-5H. The summed E-state index contributed by atoms with van der Waals surface area (Å²) in [4.78, 5) is 0. The summed E-state index contributed by atoms with van der Waals surface area (Å²) in [6, 6.07) is 15.2. The smallest absolute Gasteiger partial charge is 0.126 e. The summed E-state index contributed by atoms with van der Waals surface area (Å²) in [5, 5.41) is 0. The van der Waals surface area contributed by atoms with Crippen LogP contribution in [0.1, 0.15) is 43.6 Å². The Morgan fingerprint density at radius 1 is 0.700 bits per heavy atom. The topological polar surface area (TPSA) is 0 Å². The van der Waals surface area contributed by atoms with E-state index in [4.69, 9.17) is 0 Å². The fraction of sp³-hybridized carbons (Fsp3) is 0.333. The summed E-state index contributed by atoms with van der Waals surface area (Å²) < 4.78 is 25.3. The van der Waals surface area contributed by atoms with Crippen LogP contribution in [0.3, 0.4) is 0 Å². The number of benzene rings is 2. The van der Waals surface area contributed by atoms with Crippen molar-refractivity contribution in [3.63, 3.8) is 0 Å². The van der Waals surface area contributed by atoms with E-state index in [1.807, 2.05) is 12.1 Å². The summed E-state index contributed by atoms with van der Waals surface area (Å²) in [5.74, 6) is 0.284. The fourth-order valence-electron chi connectivity index (χ4n) is 2.63. The molecule has 0 saturated heterocycles. The number of halogens is 2. The molecule has 0 spiro atoms. The van der Waals surface area contributed by atoms with Gasteiger partial charge in [0.1, 0.15) is 11.6 Å². The van der Waals surface area contributed by atoms with E-state index in [1.165, 1.54) is 44.2 Å². The number of rotatable bonds is 1. The van der Waals surface area contributed by atoms with Gasteiger partial charge in [0.2, 0.25) is 0 Å². The van der Waals surface area contributed by atoms with Crippen LogP contribution in [0.2, 0.25) is 0 Å². The van der Waals surface area contributed by atoms with Crippen LogP contribution in [-0.2, 0) is 0 Å². The molecule has 0 heterocycles. The van der Waals surface area contributed by atoms with E-state index in [2.05, 4.69) is 0 Å². The summed E-state index contributed by atoms with van der Waals surface area (Å²) in [6.45, 7) is 0. The minimum absolute atomic E-state index is 0.0191. The molecule has 106 valence electrons. The van der Waals surface area contributed by atoms with Crippen LogP contribution in [0.5, 0.6) is 0 Å². The maximum absolute atomic E-state index is 13.4. The molecule has 3 rings (SSSR count). The summed E-state index contributed by atoms with van der Waals surface area (Å²) >= 11 is 0. The SMILES string of the molecule is Fc1ccccc1.Fc1ccccc1C1CCCCC1. The quantitative estimate of drug-likeness (QED) is 0.625. The van der Waals surface area contributed by atoms with Crippen LogP contribution in [0.25, 0.3) is 0 Å². The Morgan fingerprint density at radius 2 is 1.30 bits per heavy atom. The van der Waals surface area contributed by atoms with Crippen LogP contribution < -0.4 is 0 Å².